The molecule has 3 rings (SSSR count). The Kier molecular flexibility index (Phi) is 4.09. The summed E-state index contributed by atoms with van der Waals surface area (Å²) in [5, 5.41) is 6.87. The topological polar surface area (TPSA) is 71.3 Å². The molecule has 1 N–H and O–H groups in total. The molecule has 2 aromatic heterocycles. The summed E-state index contributed by atoms with van der Waals surface area (Å²) in [7, 11) is 0. The number of amides is 2. The lowest BCUT2D eigenvalue weighted by Gasteiger charge is -2.23. The standard InChI is InChI=1S/C16H20N4O2/c1-11-5-6-13(9-17-11)10-18-16(21)20-7-3-4-14(20)15-8-12(2)19-22-15/h5-6,8-9,14H,3-4,7,10H2,1-2H3,(H,18,21). The number of hydrogen-bond acceptors (Lipinski definition) is 4. The summed E-state index contributed by atoms with van der Waals surface area (Å²) in [6, 6.07) is 5.73. The van der Waals surface area contributed by atoms with Gasteiger partial charge in [0.25, 0.3) is 0 Å². The lowest BCUT2D eigenvalue weighted by Crippen LogP contribution is -2.39. The number of urea groups is 1. The highest BCUT2D eigenvalue weighted by Gasteiger charge is 2.32. The third-order valence-electron chi connectivity index (χ3n) is 3.90. The lowest BCUT2D eigenvalue weighted by atomic mass is 10.1. The molecule has 1 fully saturated rings. The number of nitrogens with one attached hydrogen (secondary N) is 1. The predicted octanol–water partition coefficient (Wildman–Crippen LogP) is 2.73. The van der Waals surface area contributed by atoms with E-state index < -0.39 is 0 Å². The monoisotopic (exact) mass is 300 g/mol. The van der Waals surface area contributed by atoms with Crippen LogP contribution >= 0.6 is 0 Å². The molecule has 1 aliphatic heterocycles. The van der Waals surface area contributed by atoms with Gasteiger partial charge in [-0.25, -0.2) is 4.79 Å². The van der Waals surface area contributed by atoms with Crippen molar-refractivity contribution in [1.29, 1.82) is 0 Å². The van der Waals surface area contributed by atoms with Gasteiger partial charge >= 0.3 is 6.03 Å². The number of carbonyl (C=O) groups is 1. The van der Waals surface area contributed by atoms with Crippen LogP contribution in [-0.2, 0) is 6.54 Å². The molecule has 2 aromatic rings. The molecule has 1 unspecified atom stereocenters. The normalized spacial score (nSPS) is 17.7. The summed E-state index contributed by atoms with van der Waals surface area (Å²) in [5.41, 5.74) is 2.80. The Bertz CT molecular complexity index is 650. The minimum Gasteiger partial charge on any atom is -0.359 e. The van der Waals surface area contributed by atoms with Gasteiger partial charge in [-0.1, -0.05) is 11.2 Å². The van der Waals surface area contributed by atoms with Crippen LogP contribution in [0, 0.1) is 13.8 Å². The summed E-state index contributed by atoms with van der Waals surface area (Å²) >= 11 is 0. The fourth-order valence-electron chi connectivity index (χ4n) is 2.73. The van der Waals surface area contributed by atoms with Gasteiger partial charge in [-0.15, -0.1) is 0 Å². The molecular weight excluding hydrogens is 280 g/mol. The van der Waals surface area contributed by atoms with Crippen molar-refractivity contribution in [2.75, 3.05) is 6.54 Å². The number of rotatable bonds is 3. The molecule has 2 amide bonds. The first-order valence-corrected chi connectivity index (χ1v) is 7.53. The third-order valence-corrected chi connectivity index (χ3v) is 3.90. The molecule has 6 heteroatoms. The molecule has 116 valence electrons. The molecule has 0 bridgehead atoms. The van der Waals surface area contributed by atoms with E-state index in [0.717, 1.165) is 42.1 Å². The molecule has 6 nitrogen and oxygen atoms in total. The molecule has 0 aliphatic carbocycles. The van der Waals surface area contributed by atoms with Crippen LogP contribution in [0.4, 0.5) is 4.79 Å². The smallest absolute Gasteiger partial charge is 0.318 e. The molecule has 0 aromatic carbocycles. The maximum absolute atomic E-state index is 12.4. The van der Waals surface area contributed by atoms with E-state index in [1.807, 2.05) is 36.9 Å². The second kappa shape index (κ2) is 6.17. The Hall–Kier alpha value is -2.37. The van der Waals surface area contributed by atoms with Crippen LogP contribution in [0.3, 0.4) is 0 Å². The van der Waals surface area contributed by atoms with Gasteiger partial charge in [0, 0.05) is 31.0 Å². The van der Waals surface area contributed by atoms with Crippen molar-refractivity contribution in [2.24, 2.45) is 0 Å². The number of aromatic nitrogens is 2. The quantitative estimate of drug-likeness (QED) is 0.946. The van der Waals surface area contributed by atoms with Crippen molar-refractivity contribution < 1.29 is 9.32 Å². The van der Waals surface area contributed by atoms with E-state index in [2.05, 4.69) is 15.5 Å². The highest BCUT2D eigenvalue weighted by Crippen LogP contribution is 2.32. The minimum absolute atomic E-state index is 0.0163. The number of pyridine rings is 1. The molecular formula is C16H20N4O2. The first-order chi connectivity index (χ1) is 10.6. The Labute approximate surface area is 129 Å². The Morgan fingerprint density at radius 2 is 2.27 bits per heavy atom. The zero-order valence-corrected chi connectivity index (χ0v) is 12.9. The van der Waals surface area contributed by atoms with Crippen LogP contribution in [-0.4, -0.2) is 27.6 Å². The van der Waals surface area contributed by atoms with Gasteiger partial charge in [0.15, 0.2) is 5.76 Å². The van der Waals surface area contributed by atoms with Crippen molar-refractivity contribution in [3.63, 3.8) is 0 Å². The SMILES string of the molecule is Cc1ccc(CNC(=O)N2CCCC2c2cc(C)no2)cn1. The third kappa shape index (κ3) is 3.10. The van der Waals surface area contributed by atoms with E-state index in [1.54, 1.807) is 6.20 Å². The second-order valence-electron chi connectivity index (χ2n) is 5.69. The van der Waals surface area contributed by atoms with Crippen molar-refractivity contribution in [1.82, 2.24) is 20.4 Å². The molecule has 1 saturated heterocycles. The van der Waals surface area contributed by atoms with Gasteiger partial charge < -0.3 is 14.7 Å². The van der Waals surface area contributed by atoms with Crippen molar-refractivity contribution in [3.05, 3.63) is 47.1 Å². The summed E-state index contributed by atoms with van der Waals surface area (Å²) in [6.45, 7) is 5.04. The Morgan fingerprint density at radius 1 is 1.41 bits per heavy atom. The van der Waals surface area contributed by atoms with E-state index in [-0.39, 0.29) is 12.1 Å². The van der Waals surface area contributed by atoms with Crippen LogP contribution in [0.25, 0.3) is 0 Å². The molecule has 0 spiro atoms. The van der Waals surface area contributed by atoms with Crippen LogP contribution in [0.15, 0.2) is 28.9 Å². The number of hydrogen-bond donors (Lipinski definition) is 1. The van der Waals surface area contributed by atoms with Crippen molar-refractivity contribution in [2.45, 2.75) is 39.3 Å². The van der Waals surface area contributed by atoms with Gasteiger partial charge in [0.05, 0.1) is 11.7 Å². The predicted molar refractivity (Wildman–Crippen MR) is 81.1 cm³/mol. The average Bonchev–Trinajstić information content (AvgIpc) is 3.14. The maximum atomic E-state index is 12.4. The highest BCUT2D eigenvalue weighted by atomic mass is 16.5. The average molecular weight is 300 g/mol. The maximum Gasteiger partial charge on any atom is 0.318 e. The number of aryl methyl sites for hydroxylation is 2. The summed E-state index contributed by atoms with van der Waals surface area (Å²) in [6.07, 6.45) is 3.68. The van der Waals surface area contributed by atoms with E-state index in [9.17, 15) is 4.79 Å². The zero-order valence-electron chi connectivity index (χ0n) is 12.9. The van der Waals surface area contributed by atoms with Gasteiger partial charge in [-0.2, -0.15) is 0 Å². The fraction of sp³-hybridized carbons (Fsp3) is 0.438. The van der Waals surface area contributed by atoms with Crippen molar-refractivity contribution in [3.8, 4) is 0 Å². The Balaban J connectivity index is 1.62. The molecule has 0 radical (unpaired) electrons. The molecule has 1 aliphatic rings. The molecule has 3 heterocycles. The zero-order chi connectivity index (χ0) is 15.5. The summed E-state index contributed by atoms with van der Waals surface area (Å²) < 4.78 is 5.32. The largest absolute Gasteiger partial charge is 0.359 e. The van der Waals surface area contributed by atoms with E-state index >= 15 is 0 Å². The number of nitrogens with zero attached hydrogens (tertiary/aromatic N) is 3. The van der Waals surface area contributed by atoms with Gasteiger partial charge in [-0.3, -0.25) is 4.98 Å². The van der Waals surface area contributed by atoms with E-state index in [1.165, 1.54) is 0 Å². The molecule has 1 atom stereocenters. The lowest BCUT2D eigenvalue weighted by molar-refractivity contribution is 0.182. The van der Waals surface area contributed by atoms with Crippen LogP contribution in [0.1, 0.15) is 41.6 Å². The first kappa shape index (κ1) is 14.6. The number of carbonyl (C=O) groups excluding carboxylic acids is 1. The summed E-state index contributed by atoms with van der Waals surface area (Å²) in [4.78, 5) is 18.5. The second-order valence-corrected chi connectivity index (χ2v) is 5.69. The molecule has 0 saturated carbocycles. The van der Waals surface area contributed by atoms with E-state index in [4.69, 9.17) is 4.52 Å². The fourth-order valence-corrected chi connectivity index (χ4v) is 2.73. The van der Waals surface area contributed by atoms with Crippen molar-refractivity contribution >= 4 is 6.03 Å². The van der Waals surface area contributed by atoms with Crippen LogP contribution in [0.2, 0.25) is 0 Å². The van der Waals surface area contributed by atoms with Gasteiger partial charge in [0.1, 0.15) is 0 Å². The van der Waals surface area contributed by atoms with E-state index in [0.29, 0.717) is 6.54 Å². The first-order valence-electron chi connectivity index (χ1n) is 7.53. The van der Waals surface area contributed by atoms with Crippen LogP contribution in [0.5, 0.6) is 0 Å². The van der Waals surface area contributed by atoms with Gasteiger partial charge in [0.2, 0.25) is 0 Å². The van der Waals surface area contributed by atoms with Crippen LogP contribution < -0.4 is 5.32 Å². The molecule has 22 heavy (non-hydrogen) atoms. The minimum atomic E-state index is -0.0721. The van der Waals surface area contributed by atoms with Gasteiger partial charge in [-0.05, 0) is 38.3 Å². The highest BCUT2D eigenvalue weighted by molar-refractivity contribution is 5.75. The Morgan fingerprint density at radius 3 is 2.95 bits per heavy atom. The summed E-state index contributed by atoms with van der Waals surface area (Å²) in [5.74, 6) is 0.766. The number of likely N-dealkylation sites (tertiary alicyclic amines) is 1.